The van der Waals surface area contributed by atoms with Gasteiger partial charge in [0.25, 0.3) is 0 Å². The SMILES string of the molecule is C=CCn1c(N)[n+](C[C@H](O)c2ccc(Cl)c(Cl)c2)c2ccccc21. The normalized spacial score (nSPS) is 12.5. The van der Waals surface area contributed by atoms with E-state index in [0.717, 1.165) is 11.0 Å². The highest BCUT2D eigenvalue weighted by Gasteiger charge is 2.23. The van der Waals surface area contributed by atoms with Crippen LogP contribution in [0.1, 0.15) is 11.7 Å². The van der Waals surface area contributed by atoms with Crippen LogP contribution in [-0.4, -0.2) is 9.67 Å². The Morgan fingerprint density at radius 3 is 2.67 bits per heavy atom. The number of hydrogen-bond donors (Lipinski definition) is 2. The average Bonchev–Trinajstić information content (AvgIpc) is 2.83. The standard InChI is InChI=1S/C18H17Cl2N3O/c1-2-9-22-15-5-3-4-6-16(15)23(18(22)21)11-17(24)12-7-8-13(19)14(20)10-12/h2-8,10,17,21,24H,1,9,11H2/p+1/t17-/m0/s1. The van der Waals surface area contributed by atoms with Gasteiger partial charge in [-0.05, 0) is 29.8 Å². The van der Waals surface area contributed by atoms with Crippen LogP contribution in [0, 0.1) is 0 Å². The number of aliphatic hydroxyl groups excluding tert-OH is 1. The van der Waals surface area contributed by atoms with E-state index >= 15 is 0 Å². The second kappa shape index (κ2) is 6.85. The lowest BCUT2D eigenvalue weighted by Gasteiger charge is -2.11. The van der Waals surface area contributed by atoms with Crippen LogP contribution in [0.5, 0.6) is 0 Å². The summed E-state index contributed by atoms with van der Waals surface area (Å²) in [5, 5.41) is 11.5. The molecule has 3 rings (SSSR count). The van der Waals surface area contributed by atoms with Crippen molar-refractivity contribution in [1.29, 1.82) is 0 Å². The molecule has 1 atom stereocenters. The first-order chi connectivity index (χ1) is 11.5. The summed E-state index contributed by atoms with van der Waals surface area (Å²) in [6, 6.07) is 13.0. The van der Waals surface area contributed by atoms with Crippen molar-refractivity contribution in [3.05, 3.63) is 70.7 Å². The van der Waals surface area contributed by atoms with Gasteiger partial charge in [0, 0.05) is 0 Å². The third-order valence-electron chi connectivity index (χ3n) is 4.01. The van der Waals surface area contributed by atoms with Crippen LogP contribution in [0.4, 0.5) is 5.95 Å². The van der Waals surface area contributed by atoms with Crippen LogP contribution in [0.2, 0.25) is 10.0 Å². The van der Waals surface area contributed by atoms with E-state index < -0.39 is 6.10 Å². The summed E-state index contributed by atoms with van der Waals surface area (Å²) in [5.74, 6) is 0.565. The number of para-hydroxylation sites is 2. The molecule has 24 heavy (non-hydrogen) atoms. The molecule has 3 N–H and O–H groups in total. The maximum absolute atomic E-state index is 10.6. The fourth-order valence-corrected chi connectivity index (χ4v) is 3.13. The first-order valence-electron chi connectivity index (χ1n) is 7.53. The Hall–Kier alpha value is -2.01. The van der Waals surface area contributed by atoms with E-state index in [1.54, 1.807) is 24.3 Å². The van der Waals surface area contributed by atoms with Gasteiger partial charge in [-0.25, -0.2) is 9.13 Å². The van der Waals surface area contributed by atoms with E-state index in [0.29, 0.717) is 34.6 Å². The zero-order valence-electron chi connectivity index (χ0n) is 13.0. The Labute approximate surface area is 150 Å². The van der Waals surface area contributed by atoms with Crippen molar-refractivity contribution in [2.24, 2.45) is 0 Å². The lowest BCUT2D eigenvalue weighted by Crippen LogP contribution is -2.39. The van der Waals surface area contributed by atoms with Gasteiger partial charge >= 0.3 is 5.95 Å². The molecule has 0 unspecified atom stereocenters. The first-order valence-corrected chi connectivity index (χ1v) is 8.29. The third kappa shape index (κ3) is 3.00. The molecule has 0 radical (unpaired) electrons. The van der Waals surface area contributed by atoms with Gasteiger partial charge in [0.05, 0.1) is 16.6 Å². The zero-order valence-corrected chi connectivity index (χ0v) is 14.5. The minimum Gasteiger partial charge on any atom is -0.385 e. The third-order valence-corrected chi connectivity index (χ3v) is 4.75. The number of aliphatic hydroxyl groups is 1. The molecule has 4 nitrogen and oxygen atoms in total. The molecule has 3 aromatic rings. The highest BCUT2D eigenvalue weighted by atomic mass is 35.5. The summed E-state index contributed by atoms with van der Waals surface area (Å²) in [6.45, 7) is 4.69. The first kappa shape index (κ1) is 16.8. The van der Waals surface area contributed by atoms with Crippen LogP contribution in [0.3, 0.4) is 0 Å². The van der Waals surface area contributed by atoms with E-state index in [9.17, 15) is 5.11 Å². The molecule has 0 amide bonds. The number of nitrogen functional groups attached to an aromatic ring is 1. The largest absolute Gasteiger partial charge is 0.385 e. The molecule has 0 aliphatic heterocycles. The van der Waals surface area contributed by atoms with Gasteiger partial charge in [-0.15, -0.1) is 0 Å². The summed E-state index contributed by atoms with van der Waals surface area (Å²) >= 11 is 12.0. The zero-order chi connectivity index (χ0) is 17.3. The van der Waals surface area contributed by atoms with E-state index in [1.165, 1.54) is 0 Å². The lowest BCUT2D eigenvalue weighted by atomic mass is 10.1. The Morgan fingerprint density at radius 1 is 1.21 bits per heavy atom. The summed E-state index contributed by atoms with van der Waals surface area (Å²) < 4.78 is 3.86. The molecule has 0 bridgehead atoms. The monoisotopic (exact) mass is 362 g/mol. The van der Waals surface area contributed by atoms with Gasteiger partial charge < -0.3 is 5.11 Å². The molecule has 6 heteroatoms. The number of nitrogens with zero attached hydrogens (tertiary/aromatic N) is 2. The van der Waals surface area contributed by atoms with Crippen LogP contribution >= 0.6 is 23.2 Å². The van der Waals surface area contributed by atoms with Crippen LogP contribution < -0.4 is 10.3 Å². The Balaban J connectivity index is 2.01. The molecular weight excluding hydrogens is 345 g/mol. The molecule has 0 aliphatic carbocycles. The van der Waals surface area contributed by atoms with Gasteiger partial charge in [-0.2, -0.15) is 0 Å². The van der Waals surface area contributed by atoms with Crippen molar-refractivity contribution in [2.75, 3.05) is 5.73 Å². The van der Waals surface area contributed by atoms with E-state index in [2.05, 4.69) is 6.58 Å². The molecule has 0 spiro atoms. The number of imidazole rings is 1. The number of rotatable bonds is 5. The Morgan fingerprint density at radius 2 is 1.96 bits per heavy atom. The smallest absolute Gasteiger partial charge is 0.356 e. The minimum absolute atomic E-state index is 0.314. The molecule has 2 aromatic carbocycles. The van der Waals surface area contributed by atoms with Gasteiger partial charge in [0.2, 0.25) is 0 Å². The number of fused-ring (bicyclic) bond motifs is 1. The van der Waals surface area contributed by atoms with Crippen molar-refractivity contribution >= 4 is 40.2 Å². The van der Waals surface area contributed by atoms with Crippen LogP contribution in [-0.2, 0) is 13.1 Å². The molecule has 0 saturated carbocycles. The van der Waals surface area contributed by atoms with Crippen molar-refractivity contribution in [2.45, 2.75) is 19.2 Å². The molecule has 0 saturated heterocycles. The van der Waals surface area contributed by atoms with E-state index in [1.807, 2.05) is 33.4 Å². The summed E-state index contributed by atoms with van der Waals surface area (Å²) in [5.41, 5.74) is 8.95. The number of hydrogen-bond acceptors (Lipinski definition) is 2. The van der Waals surface area contributed by atoms with Gasteiger partial charge in [0.1, 0.15) is 23.7 Å². The molecule has 1 aromatic heterocycles. The predicted octanol–water partition coefficient (Wildman–Crippen LogP) is 3.74. The quantitative estimate of drug-likeness (QED) is 0.536. The number of anilines is 1. The number of allylic oxidation sites excluding steroid dienone is 1. The number of halogens is 2. The fourth-order valence-electron chi connectivity index (χ4n) is 2.82. The topological polar surface area (TPSA) is 55.1 Å². The predicted molar refractivity (Wildman–Crippen MR) is 98.2 cm³/mol. The Kier molecular flexibility index (Phi) is 4.81. The van der Waals surface area contributed by atoms with Crippen LogP contribution in [0.25, 0.3) is 11.0 Å². The Bertz CT molecular complexity index is 905. The van der Waals surface area contributed by atoms with Gasteiger partial charge in [-0.1, -0.05) is 54.1 Å². The molecule has 1 heterocycles. The molecule has 124 valence electrons. The average molecular weight is 363 g/mol. The molecule has 0 fully saturated rings. The van der Waals surface area contributed by atoms with Crippen molar-refractivity contribution in [3.63, 3.8) is 0 Å². The summed E-state index contributed by atoms with van der Waals surface area (Å²) in [7, 11) is 0. The van der Waals surface area contributed by atoms with E-state index in [-0.39, 0.29) is 0 Å². The second-order valence-corrected chi connectivity index (χ2v) is 6.36. The summed E-state index contributed by atoms with van der Waals surface area (Å²) in [4.78, 5) is 0. The molecule has 0 aliphatic rings. The van der Waals surface area contributed by atoms with E-state index in [4.69, 9.17) is 28.9 Å². The number of aromatic nitrogens is 2. The van der Waals surface area contributed by atoms with Gasteiger partial charge in [0.15, 0.2) is 0 Å². The van der Waals surface area contributed by atoms with Crippen molar-refractivity contribution < 1.29 is 9.67 Å². The van der Waals surface area contributed by atoms with Crippen molar-refractivity contribution in [1.82, 2.24) is 4.57 Å². The molecular formula is C18H18Cl2N3O+. The van der Waals surface area contributed by atoms with Crippen LogP contribution in [0.15, 0.2) is 55.1 Å². The van der Waals surface area contributed by atoms with Gasteiger partial charge in [-0.3, -0.25) is 5.73 Å². The highest BCUT2D eigenvalue weighted by molar-refractivity contribution is 6.42. The number of nitrogens with two attached hydrogens (primary N) is 1. The summed E-state index contributed by atoms with van der Waals surface area (Å²) in [6.07, 6.45) is 1.04. The van der Waals surface area contributed by atoms with Crippen molar-refractivity contribution in [3.8, 4) is 0 Å². The lowest BCUT2D eigenvalue weighted by molar-refractivity contribution is -0.666. The highest BCUT2D eigenvalue weighted by Crippen LogP contribution is 2.26. The maximum atomic E-state index is 10.6. The fraction of sp³-hybridized carbons (Fsp3) is 0.167. The second-order valence-electron chi connectivity index (χ2n) is 5.55. The number of benzene rings is 2. The minimum atomic E-state index is -0.755. The maximum Gasteiger partial charge on any atom is 0.356 e.